The van der Waals surface area contributed by atoms with Crippen LogP contribution in [0.4, 0.5) is 5.69 Å². The van der Waals surface area contributed by atoms with Crippen molar-refractivity contribution in [2.75, 3.05) is 38.0 Å². The molecule has 0 aliphatic carbocycles. The third-order valence-electron chi connectivity index (χ3n) is 4.01. The number of halogens is 1. The molecule has 0 saturated carbocycles. The highest BCUT2D eigenvalue weighted by molar-refractivity contribution is 14.0. The van der Waals surface area contributed by atoms with Crippen LogP contribution in [0, 0.1) is 5.41 Å². The molecule has 0 amide bonds. The number of rotatable bonds is 6. The number of hydrogen-bond donors (Lipinski definition) is 2. The van der Waals surface area contributed by atoms with Crippen LogP contribution in [0.3, 0.4) is 0 Å². The van der Waals surface area contributed by atoms with Gasteiger partial charge >= 0.3 is 0 Å². The van der Waals surface area contributed by atoms with Crippen LogP contribution in [0.15, 0.2) is 35.3 Å². The standard InChI is InChI=1S/C18H30N4.HI/c1-4-19-17(22-14-11-18(2,3)15-22)21-13-8-12-20-16-9-6-5-7-10-16;/h5-7,9-10,20H,4,8,11-15H2,1-3H3,(H,19,21);1H. The first-order chi connectivity index (χ1) is 10.6. The second-order valence-electron chi connectivity index (χ2n) is 6.72. The van der Waals surface area contributed by atoms with Crippen LogP contribution in [0.5, 0.6) is 0 Å². The molecule has 2 rings (SSSR count). The molecule has 0 unspecified atom stereocenters. The maximum atomic E-state index is 4.78. The molecule has 4 nitrogen and oxygen atoms in total. The summed E-state index contributed by atoms with van der Waals surface area (Å²) in [5.41, 5.74) is 1.59. The molecule has 130 valence electrons. The van der Waals surface area contributed by atoms with E-state index in [-0.39, 0.29) is 24.0 Å². The van der Waals surface area contributed by atoms with Gasteiger partial charge in [0.05, 0.1) is 0 Å². The second-order valence-corrected chi connectivity index (χ2v) is 6.72. The van der Waals surface area contributed by atoms with Crippen molar-refractivity contribution in [1.82, 2.24) is 10.2 Å². The summed E-state index contributed by atoms with van der Waals surface area (Å²) in [6, 6.07) is 10.3. The largest absolute Gasteiger partial charge is 0.385 e. The topological polar surface area (TPSA) is 39.7 Å². The van der Waals surface area contributed by atoms with Gasteiger partial charge < -0.3 is 15.5 Å². The molecule has 1 aliphatic rings. The summed E-state index contributed by atoms with van der Waals surface area (Å²) in [6.07, 6.45) is 2.29. The fourth-order valence-corrected chi connectivity index (χ4v) is 2.77. The Kier molecular flexibility index (Phi) is 8.73. The summed E-state index contributed by atoms with van der Waals surface area (Å²) in [6.45, 7) is 11.8. The summed E-state index contributed by atoms with van der Waals surface area (Å²) in [7, 11) is 0. The van der Waals surface area contributed by atoms with Crippen molar-refractivity contribution in [3.63, 3.8) is 0 Å². The van der Waals surface area contributed by atoms with E-state index < -0.39 is 0 Å². The first-order valence-corrected chi connectivity index (χ1v) is 8.43. The lowest BCUT2D eigenvalue weighted by Crippen LogP contribution is -2.40. The van der Waals surface area contributed by atoms with Gasteiger partial charge in [-0.05, 0) is 37.3 Å². The van der Waals surface area contributed by atoms with Gasteiger partial charge in [0.15, 0.2) is 5.96 Å². The van der Waals surface area contributed by atoms with Gasteiger partial charge in [0, 0.05) is 38.4 Å². The van der Waals surface area contributed by atoms with E-state index in [4.69, 9.17) is 4.99 Å². The zero-order chi connectivity index (χ0) is 15.8. The van der Waals surface area contributed by atoms with Crippen molar-refractivity contribution in [2.45, 2.75) is 33.6 Å². The van der Waals surface area contributed by atoms with Gasteiger partial charge in [0.2, 0.25) is 0 Å². The highest BCUT2D eigenvalue weighted by atomic mass is 127. The van der Waals surface area contributed by atoms with Crippen LogP contribution < -0.4 is 10.6 Å². The zero-order valence-corrected chi connectivity index (χ0v) is 17.0. The van der Waals surface area contributed by atoms with E-state index in [1.54, 1.807) is 0 Å². The maximum Gasteiger partial charge on any atom is 0.193 e. The molecule has 0 spiro atoms. The Hall–Kier alpha value is -0.980. The average molecular weight is 430 g/mol. The summed E-state index contributed by atoms with van der Waals surface area (Å²) in [4.78, 5) is 7.18. The van der Waals surface area contributed by atoms with Crippen molar-refractivity contribution in [2.24, 2.45) is 10.4 Å². The molecule has 0 aromatic heterocycles. The smallest absolute Gasteiger partial charge is 0.193 e. The van der Waals surface area contributed by atoms with E-state index in [0.29, 0.717) is 5.41 Å². The summed E-state index contributed by atoms with van der Waals surface area (Å²) in [5.74, 6) is 1.08. The Bertz CT molecular complexity index is 473. The Morgan fingerprint density at radius 2 is 2.00 bits per heavy atom. The Labute approximate surface area is 158 Å². The van der Waals surface area contributed by atoms with Crippen molar-refractivity contribution in [1.29, 1.82) is 0 Å². The van der Waals surface area contributed by atoms with Crippen LogP contribution in [0.25, 0.3) is 0 Å². The van der Waals surface area contributed by atoms with Gasteiger partial charge in [-0.3, -0.25) is 4.99 Å². The predicted molar refractivity (Wildman–Crippen MR) is 111 cm³/mol. The molecule has 1 aromatic rings. The quantitative estimate of drug-likeness (QED) is 0.312. The van der Waals surface area contributed by atoms with Gasteiger partial charge in [-0.2, -0.15) is 0 Å². The number of guanidine groups is 1. The molecular weight excluding hydrogens is 399 g/mol. The number of hydrogen-bond acceptors (Lipinski definition) is 2. The Morgan fingerprint density at radius 1 is 1.26 bits per heavy atom. The minimum atomic E-state index is 0. The zero-order valence-electron chi connectivity index (χ0n) is 14.6. The minimum Gasteiger partial charge on any atom is -0.385 e. The molecule has 23 heavy (non-hydrogen) atoms. The van der Waals surface area contributed by atoms with E-state index in [2.05, 4.69) is 60.6 Å². The molecule has 1 fully saturated rings. The minimum absolute atomic E-state index is 0. The van der Waals surface area contributed by atoms with Crippen molar-refractivity contribution in [3.8, 4) is 0 Å². The maximum absolute atomic E-state index is 4.78. The van der Waals surface area contributed by atoms with Crippen molar-refractivity contribution < 1.29 is 0 Å². The van der Waals surface area contributed by atoms with Gasteiger partial charge in [0.1, 0.15) is 0 Å². The summed E-state index contributed by atoms with van der Waals surface area (Å²) in [5, 5.41) is 6.86. The lowest BCUT2D eigenvalue weighted by molar-refractivity contribution is 0.370. The van der Waals surface area contributed by atoms with E-state index in [0.717, 1.165) is 45.1 Å². The number of nitrogens with zero attached hydrogens (tertiary/aromatic N) is 2. The second kappa shape index (κ2) is 10.0. The SMILES string of the molecule is CCNC(=NCCCNc1ccccc1)N1CCC(C)(C)C1.I. The van der Waals surface area contributed by atoms with Crippen LogP contribution >= 0.6 is 24.0 Å². The molecule has 0 radical (unpaired) electrons. The molecule has 2 N–H and O–H groups in total. The van der Waals surface area contributed by atoms with Crippen LogP contribution in [0.2, 0.25) is 0 Å². The number of aliphatic imine (C=N–C) groups is 1. The van der Waals surface area contributed by atoms with E-state index in [1.807, 2.05) is 6.07 Å². The van der Waals surface area contributed by atoms with Crippen LogP contribution in [-0.2, 0) is 0 Å². The lowest BCUT2D eigenvalue weighted by Gasteiger charge is -2.23. The first kappa shape index (κ1) is 20.1. The third kappa shape index (κ3) is 6.97. The van der Waals surface area contributed by atoms with Gasteiger partial charge in [0.25, 0.3) is 0 Å². The van der Waals surface area contributed by atoms with Crippen LogP contribution in [-0.4, -0.2) is 43.6 Å². The number of anilines is 1. The lowest BCUT2D eigenvalue weighted by atomic mass is 9.93. The predicted octanol–water partition coefficient (Wildman–Crippen LogP) is 3.80. The first-order valence-electron chi connectivity index (χ1n) is 8.43. The van der Waals surface area contributed by atoms with Gasteiger partial charge in [-0.25, -0.2) is 0 Å². The van der Waals surface area contributed by atoms with Crippen LogP contribution in [0.1, 0.15) is 33.6 Å². The Morgan fingerprint density at radius 3 is 2.61 bits per heavy atom. The van der Waals surface area contributed by atoms with Crippen molar-refractivity contribution >= 4 is 35.6 Å². The summed E-state index contributed by atoms with van der Waals surface area (Å²) >= 11 is 0. The number of benzene rings is 1. The normalized spacial score (nSPS) is 16.8. The monoisotopic (exact) mass is 430 g/mol. The van der Waals surface area contributed by atoms with Gasteiger partial charge in [-0.1, -0.05) is 32.0 Å². The molecule has 1 heterocycles. The fourth-order valence-electron chi connectivity index (χ4n) is 2.77. The van der Waals surface area contributed by atoms with E-state index in [9.17, 15) is 0 Å². The molecule has 5 heteroatoms. The molecule has 1 saturated heterocycles. The van der Waals surface area contributed by atoms with E-state index in [1.165, 1.54) is 12.1 Å². The number of para-hydroxylation sites is 1. The third-order valence-corrected chi connectivity index (χ3v) is 4.01. The molecular formula is C18H31IN4. The average Bonchev–Trinajstić information content (AvgIpc) is 2.87. The highest BCUT2D eigenvalue weighted by Crippen LogP contribution is 2.28. The molecule has 1 aromatic carbocycles. The molecule has 0 atom stereocenters. The number of nitrogens with one attached hydrogen (secondary N) is 2. The molecule has 0 bridgehead atoms. The number of likely N-dealkylation sites (tertiary alicyclic amines) is 1. The van der Waals surface area contributed by atoms with Gasteiger partial charge in [-0.15, -0.1) is 24.0 Å². The fraction of sp³-hybridized carbons (Fsp3) is 0.611. The van der Waals surface area contributed by atoms with E-state index >= 15 is 0 Å². The summed E-state index contributed by atoms with van der Waals surface area (Å²) < 4.78 is 0. The van der Waals surface area contributed by atoms with Crippen molar-refractivity contribution in [3.05, 3.63) is 30.3 Å². The Balaban J connectivity index is 0.00000264. The molecule has 1 aliphatic heterocycles. The highest BCUT2D eigenvalue weighted by Gasteiger charge is 2.30.